The number of allylic oxidation sites excluding steroid dienone is 26. The third-order valence-electron chi connectivity index (χ3n) is 11.0. The minimum absolute atomic E-state index is 0.157. The van der Waals surface area contributed by atoms with Crippen molar-refractivity contribution in [2.75, 3.05) is 13.2 Å². The lowest BCUT2D eigenvalue weighted by molar-refractivity contribution is -0.166. The van der Waals surface area contributed by atoms with Gasteiger partial charge in [0.2, 0.25) is 0 Å². The first-order chi connectivity index (χ1) is 35.0. The second-order valence-electron chi connectivity index (χ2n) is 17.7. The van der Waals surface area contributed by atoms with E-state index in [0.29, 0.717) is 19.3 Å². The fourth-order valence-electron chi connectivity index (χ4n) is 6.83. The fraction of sp³-hybridized carbons (Fsp3) is 0.554. The van der Waals surface area contributed by atoms with Gasteiger partial charge in [0.1, 0.15) is 13.2 Å². The summed E-state index contributed by atoms with van der Waals surface area (Å²) in [7, 11) is 0. The van der Waals surface area contributed by atoms with Crippen LogP contribution in [0.15, 0.2) is 158 Å². The Morgan fingerprint density at radius 1 is 0.296 bits per heavy atom. The van der Waals surface area contributed by atoms with Crippen molar-refractivity contribution in [2.24, 2.45) is 0 Å². The zero-order valence-corrected chi connectivity index (χ0v) is 45.2. The van der Waals surface area contributed by atoms with Crippen LogP contribution in [0.25, 0.3) is 0 Å². The lowest BCUT2D eigenvalue weighted by atomic mass is 10.1. The molecule has 6 heteroatoms. The molecule has 71 heavy (non-hydrogen) atoms. The Labute approximate surface area is 435 Å². The van der Waals surface area contributed by atoms with Gasteiger partial charge in [-0.25, -0.2) is 0 Å². The molecule has 0 rings (SSSR count). The molecule has 0 radical (unpaired) electrons. The highest BCUT2D eigenvalue weighted by molar-refractivity contribution is 5.71. The van der Waals surface area contributed by atoms with Crippen LogP contribution in [0.4, 0.5) is 0 Å². The number of ether oxygens (including phenoxy) is 3. The maximum Gasteiger partial charge on any atom is 0.306 e. The van der Waals surface area contributed by atoms with E-state index in [-0.39, 0.29) is 44.4 Å². The van der Waals surface area contributed by atoms with E-state index < -0.39 is 12.1 Å². The van der Waals surface area contributed by atoms with E-state index in [2.05, 4.69) is 167 Å². The van der Waals surface area contributed by atoms with Crippen molar-refractivity contribution in [1.82, 2.24) is 0 Å². The summed E-state index contributed by atoms with van der Waals surface area (Å²) in [5, 5.41) is 0. The van der Waals surface area contributed by atoms with Crippen molar-refractivity contribution >= 4 is 17.9 Å². The summed E-state index contributed by atoms with van der Waals surface area (Å²) in [6.07, 6.45) is 84.0. The molecule has 0 aliphatic heterocycles. The van der Waals surface area contributed by atoms with Gasteiger partial charge in [0.25, 0.3) is 0 Å². The molecule has 1 atom stereocenters. The molecule has 0 unspecified atom stereocenters. The van der Waals surface area contributed by atoms with Crippen molar-refractivity contribution in [3.05, 3.63) is 158 Å². The van der Waals surface area contributed by atoms with E-state index in [4.69, 9.17) is 14.2 Å². The number of carbonyl (C=O) groups excluding carboxylic acids is 3. The number of hydrogen-bond donors (Lipinski definition) is 0. The number of esters is 3. The minimum Gasteiger partial charge on any atom is -0.462 e. The van der Waals surface area contributed by atoms with Gasteiger partial charge in [-0.3, -0.25) is 14.4 Å². The second-order valence-corrected chi connectivity index (χ2v) is 17.7. The van der Waals surface area contributed by atoms with Crippen LogP contribution in [0.3, 0.4) is 0 Å². The van der Waals surface area contributed by atoms with Crippen molar-refractivity contribution in [2.45, 2.75) is 219 Å². The van der Waals surface area contributed by atoms with E-state index in [0.717, 1.165) is 83.5 Å². The predicted octanol–water partition coefficient (Wildman–Crippen LogP) is 19.0. The van der Waals surface area contributed by atoms with Gasteiger partial charge in [-0.15, -0.1) is 0 Å². The largest absolute Gasteiger partial charge is 0.462 e. The molecule has 0 amide bonds. The summed E-state index contributed by atoms with van der Waals surface area (Å²) >= 11 is 0. The Morgan fingerprint density at radius 3 is 0.972 bits per heavy atom. The third kappa shape index (κ3) is 55.8. The molecule has 0 heterocycles. The van der Waals surface area contributed by atoms with Crippen molar-refractivity contribution < 1.29 is 28.6 Å². The Hall–Kier alpha value is -4.97. The Balaban J connectivity index is 4.69. The van der Waals surface area contributed by atoms with Crippen LogP contribution in [-0.2, 0) is 28.6 Å². The molecule has 0 saturated carbocycles. The van der Waals surface area contributed by atoms with Crippen molar-refractivity contribution in [1.29, 1.82) is 0 Å². The Kier molecular flexibility index (Phi) is 53.6. The number of hydrogen-bond acceptors (Lipinski definition) is 6. The van der Waals surface area contributed by atoms with Crippen molar-refractivity contribution in [3.63, 3.8) is 0 Å². The molecule has 6 nitrogen and oxygen atoms in total. The lowest BCUT2D eigenvalue weighted by Gasteiger charge is -2.18. The van der Waals surface area contributed by atoms with Gasteiger partial charge in [-0.2, -0.15) is 0 Å². The van der Waals surface area contributed by atoms with Gasteiger partial charge < -0.3 is 14.2 Å². The van der Waals surface area contributed by atoms with Crippen LogP contribution in [0.2, 0.25) is 0 Å². The molecule has 0 aliphatic rings. The normalized spacial score (nSPS) is 13.3. The first-order valence-corrected chi connectivity index (χ1v) is 28.0. The van der Waals surface area contributed by atoms with Crippen LogP contribution < -0.4 is 0 Å². The van der Waals surface area contributed by atoms with Gasteiger partial charge in [-0.1, -0.05) is 224 Å². The van der Waals surface area contributed by atoms with Gasteiger partial charge in [-0.05, 0) is 128 Å². The fourth-order valence-corrected chi connectivity index (χ4v) is 6.83. The third-order valence-corrected chi connectivity index (χ3v) is 11.0. The molecule has 0 N–H and O–H groups in total. The summed E-state index contributed by atoms with van der Waals surface area (Å²) < 4.78 is 16.7. The molecule has 0 bridgehead atoms. The minimum atomic E-state index is -0.866. The van der Waals surface area contributed by atoms with Gasteiger partial charge in [0.05, 0.1) is 0 Å². The van der Waals surface area contributed by atoms with Crippen LogP contribution in [-0.4, -0.2) is 37.2 Å². The molecule has 0 spiro atoms. The summed E-state index contributed by atoms with van der Waals surface area (Å²) in [6.45, 7) is 6.31. The molecule has 0 aromatic heterocycles. The number of unbranched alkanes of at least 4 members (excludes halogenated alkanes) is 11. The van der Waals surface area contributed by atoms with E-state index >= 15 is 0 Å². The first-order valence-electron chi connectivity index (χ1n) is 28.0. The standard InChI is InChI=1S/C65H100O6/c1-4-7-10-13-16-19-22-25-28-31-32-35-37-40-43-46-49-52-55-58-64(67)70-61-62(71-65(68)59-56-53-50-47-44-41-38-34-30-27-24-21-18-15-12-9-6-3)60-69-63(66)57-54-51-48-45-42-39-36-33-29-26-23-20-17-14-11-8-5-2/h7,10,16,18-19,21,25-30,32,35-36,38-41,43,45,47-50,52,62H,4-6,8-9,11-15,17,20,22-24,31,33-34,37,42,44,46,51,53-61H2,1-3H3/b10-7-,19-16-,21-18-,28-25-,29-26-,30-27-,35-32-,39-36-,41-38-,43-40-,48-45-,50-47-,52-49-/t62-/m0/s1. The monoisotopic (exact) mass is 977 g/mol. The Morgan fingerprint density at radius 2 is 0.577 bits per heavy atom. The topological polar surface area (TPSA) is 78.9 Å². The van der Waals surface area contributed by atoms with E-state index in [9.17, 15) is 14.4 Å². The highest BCUT2D eigenvalue weighted by Gasteiger charge is 2.19. The number of rotatable bonds is 48. The van der Waals surface area contributed by atoms with E-state index in [1.165, 1.54) is 70.6 Å². The molecule has 0 aromatic carbocycles. The highest BCUT2D eigenvalue weighted by Crippen LogP contribution is 2.10. The highest BCUT2D eigenvalue weighted by atomic mass is 16.6. The average molecular weight is 978 g/mol. The van der Waals surface area contributed by atoms with Crippen LogP contribution >= 0.6 is 0 Å². The molecule has 0 aromatic rings. The van der Waals surface area contributed by atoms with Crippen LogP contribution in [0, 0.1) is 0 Å². The average Bonchev–Trinajstić information content (AvgIpc) is 3.37. The smallest absolute Gasteiger partial charge is 0.306 e. The maximum atomic E-state index is 12.8. The lowest BCUT2D eigenvalue weighted by Crippen LogP contribution is -2.30. The summed E-state index contributed by atoms with van der Waals surface area (Å²) in [6, 6.07) is 0. The van der Waals surface area contributed by atoms with Gasteiger partial charge in [0.15, 0.2) is 6.10 Å². The van der Waals surface area contributed by atoms with Gasteiger partial charge in [0, 0.05) is 19.3 Å². The zero-order valence-electron chi connectivity index (χ0n) is 45.2. The summed E-state index contributed by atoms with van der Waals surface area (Å²) in [5.41, 5.74) is 0. The predicted molar refractivity (Wildman–Crippen MR) is 306 cm³/mol. The Bertz CT molecular complexity index is 1640. The quantitative estimate of drug-likeness (QED) is 0.0262. The zero-order chi connectivity index (χ0) is 51.4. The molecular weight excluding hydrogens is 877 g/mol. The van der Waals surface area contributed by atoms with E-state index in [1.807, 2.05) is 12.2 Å². The first kappa shape index (κ1) is 66.0. The number of carbonyl (C=O) groups is 3. The van der Waals surface area contributed by atoms with Crippen LogP contribution in [0.5, 0.6) is 0 Å². The summed E-state index contributed by atoms with van der Waals surface area (Å²) in [5.74, 6) is -1.16. The maximum absolute atomic E-state index is 12.8. The van der Waals surface area contributed by atoms with E-state index in [1.54, 1.807) is 0 Å². The molecular formula is C65H100O6. The van der Waals surface area contributed by atoms with Gasteiger partial charge >= 0.3 is 17.9 Å². The van der Waals surface area contributed by atoms with Crippen molar-refractivity contribution in [3.8, 4) is 0 Å². The molecule has 0 aliphatic carbocycles. The van der Waals surface area contributed by atoms with Crippen LogP contribution in [0.1, 0.15) is 213 Å². The second kappa shape index (κ2) is 57.6. The summed E-state index contributed by atoms with van der Waals surface area (Å²) in [4.78, 5) is 38.1. The SMILES string of the molecule is CC/C=C\C/C=C\C/C=C\C/C=C\C/C=C\C/C=C\CCC(=O)OC[C@H](COC(=O)CCC/C=C\C/C=C\C/C=C\CCCCCCCC)OC(=O)CCC/C=C\C/C=C\C/C=C\C/C=C\CCCCC. The molecule has 0 saturated heterocycles. The molecule has 396 valence electrons. The molecule has 0 fully saturated rings.